The van der Waals surface area contributed by atoms with Crippen LogP contribution in [0.3, 0.4) is 0 Å². The summed E-state index contributed by atoms with van der Waals surface area (Å²) in [4.78, 5) is 29.1. The summed E-state index contributed by atoms with van der Waals surface area (Å²) in [5.74, 6) is 0.672. The summed E-state index contributed by atoms with van der Waals surface area (Å²) in [6.45, 7) is 10.0. The number of hydrogen-bond donors (Lipinski definition) is 0. The van der Waals surface area contributed by atoms with Crippen molar-refractivity contribution in [3.05, 3.63) is 24.2 Å². The van der Waals surface area contributed by atoms with E-state index in [1.807, 2.05) is 39.8 Å². The molecule has 0 N–H and O–H groups in total. The highest BCUT2D eigenvalue weighted by atomic mass is 16.5. The molecule has 0 spiro atoms. The smallest absolute Gasteiger partial charge is 0.242 e. The zero-order valence-corrected chi connectivity index (χ0v) is 16.5. The SMILES string of the molecule is CCCN(CC(=O)N(Cc1ccco1)C[C@@H]1CCCO1)C(=O)C(C)(C)C. The van der Waals surface area contributed by atoms with Crippen LogP contribution in [0.4, 0.5) is 0 Å². The summed E-state index contributed by atoms with van der Waals surface area (Å²) in [6.07, 6.45) is 4.47. The first-order valence-electron chi connectivity index (χ1n) is 9.52. The second-order valence-corrected chi connectivity index (χ2v) is 7.97. The third-order valence-corrected chi connectivity index (χ3v) is 4.48. The van der Waals surface area contributed by atoms with E-state index in [2.05, 4.69) is 0 Å². The molecule has 0 aliphatic carbocycles. The Labute approximate surface area is 156 Å². The first kappa shape index (κ1) is 20.5. The monoisotopic (exact) mass is 364 g/mol. The maximum atomic E-state index is 13.0. The van der Waals surface area contributed by atoms with Crippen LogP contribution in [-0.4, -0.2) is 54.0 Å². The molecule has 2 rings (SSSR count). The molecule has 1 aromatic rings. The highest BCUT2D eigenvalue weighted by Crippen LogP contribution is 2.19. The van der Waals surface area contributed by atoms with E-state index in [0.29, 0.717) is 19.6 Å². The van der Waals surface area contributed by atoms with Gasteiger partial charge in [-0.05, 0) is 31.4 Å². The van der Waals surface area contributed by atoms with Crippen molar-refractivity contribution in [2.45, 2.75) is 59.6 Å². The molecule has 6 nitrogen and oxygen atoms in total. The Bertz CT molecular complexity index is 571. The Hall–Kier alpha value is -1.82. The lowest BCUT2D eigenvalue weighted by molar-refractivity contribution is -0.146. The number of carbonyl (C=O) groups is 2. The van der Waals surface area contributed by atoms with E-state index in [-0.39, 0.29) is 24.5 Å². The lowest BCUT2D eigenvalue weighted by Gasteiger charge is -2.32. The first-order valence-corrected chi connectivity index (χ1v) is 9.52. The fourth-order valence-electron chi connectivity index (χ4n) is 3.14. The van der Waals surface area contributed by atoms with Crippen molar-refractivity contribution in [3.8, 4) is 0 Å². The summed E-state index contributed by atoms with van der Waals surface area (Å²) in [5, 5.41) is 0. The molecule has 26 heavy (non-hydrogen) atoms. The van der Waals surface area contributed by atoms with Gasteiger partial charge in [-0.15, -0.1) is 0 Å². The van der Waals surface area contributed by atoms with E-state index in [9.17, 15) is 9.59 Å². The molecule has 1 aromatic heterocycles. The van der Waals surface area contributed by atoms with Crippen LogP contribution in [0.5, 0.6) is 0 Å². The van der Waals surface area contributed by atoms with Gasteiger partial charge < -0.3 is 19.0 Å². The summed E-state index contributed by atoms with van der Waals surface area (Å²) >= 11 is 0. The molecular weight excluding hydrogens is 332 g/mol. The van der Waals surface area contributed by atoms with Gasteiger partial charge in [0.15, 0.2) is 0 Å². The van der Waals surface area contributed by atoms with Crippen LogP contribution < -0.4 is 0 Å². The number of hydrogen-bond acceptors (Lipinski definition) is 4. The maximum absolute atomic E-state index is 13.0. The molecule has 1 aliphatic heterocycles. The van der Waals surface area contributed by atoms with Crippen LogP contribution >= 0.6 is 0 Å². The van der Waals surface area contributed by atoms with E-state index in [1.165, 1.54) is 0 Å². The van der Waals surface area contributed by atoms with Gasteiger partial charge in [-0.1, -0.05) is 27.7 Å². The predicted octanol–water partition coefficient (Wildman–Crippen LogP) is 3.07. The third kappa shape index (κ3) is 5.87. The van der Waals surface area contributed by atoms with Gasteiger partial charge in [0.25, 0.3) is 0 Å². The van der Waals surface area contributed by atoms with E-state index in [1.54, 1.807) is 16.1 Å². The molecule has 6 heteroatoms. The zero-order chi connectivity index (χ0) is 19.2. The average Bonchev–Trinajstić information content (AvgIpc) is 3.26. The molecule has 1 atom stereocenters. The fraction of sp³-hybridized carbons (Fsp3) is 0.700. The van der Waals surface area contributed by atoms with Crippen molar-refractivity contribution in [2.24, 2.45) is 5.41 Å². The molecule has 0 unspecified atom stereocenters. The fourth-order valence-corrected chi connectivity index (χ4v) is 3.14. The third-order valence-electron chi connectivity index (χ3n) is 4.48. The van der Waals surface area contributed by atoms with Gasteiger partial charge in [-0.25, -0.2) is 0 Å². The van der Waals surface area contributed by atoms with Crippen LogP contribution in [0.2, 0.25) is 0 Å². The molecule has 0 aromatic carbocycles. The Morgan fingerprint density at radius 2 is 2.04 bits per heavy atom. The van der Waals surface area contributed by atoms with Crippen LogP contribution in [0.1, 0.15) is 52.7 Å². The van der Waals surface area contributed by atoms with Crippen molar-refractivity contribution in [2.75, 3.05) is 26.2 Å². The van der Waals surface area contributed by atoms with E-state index >= 15 is 0 Å². The summed E-state index contributed by atoms with van der Waals surface area (Å²) < 4.78 is 11.1. The normalized spacial score (nSPS) is 17.3. The van der Waals surface area contributed by atoms with Gasteiger partial charge >= 0.3 is 0 Å². The Morgan fingerprint density at radius 1 is 1.27 bits per heavy atom. The summed E-state index contributed by atoms with van der Waals surface area (Å²) in [5.41, 5.74) is -0.504. The van der Waals surface area contributed by atoms with Crippen molar-refractivity contribution in [1.29, 1.82) is 0 Å². The second kappa shape index (κ2) is 9.21. The van der Waals surface area contributed by atoms with Crippen LogP contribution in [0, 0.1) is 5.41 Å². The molecule has 2 amide bonds. The minimum absolute atomic E-state index is 0.00256. The summed E-state index contributed by atoms with van der Waals surface area (Å²) in [6, 6.07) is 3.68. The number of amides is 2. The summed E-state index contributed by atoms with van der Waals surface area (Å²) in [7, 11) is 0. The quantitative estimate of drug-likeness (QED) is 0.711. The van der Waals surface area contributed by atoms with Crippen molar-refractivity contribution >= 4 is 11.8 Å². The molecule has 0 radical (unpaired) electrons. The molecule has 1 fully saturated rings. The number of carbonyl (C=O) groups excluding carboxylic acids is 2. The lowest BCUT2D eigenvalue weighted by Crippen LogP contribution is -2.48. The van der Waals surface area contributed by atoms with Crippen molar-refractivity contribution in [1.82, 2.24) is 9.80 Å². The van der Waals surface area contributed by atoms with E-state index < -0.39 is 5.41 Å². The van der Waals surface area contributed by atoms with Crippen molar-refractivity contribution in [3.63, 3.8) is 0 Å². The maximum Gasteiger partial charge on any atom is 0.242 e. The average molecular weight is 364 g/mol. The van der Waals surface area contributed by atoms with Crippen LogP contribution in [0.25, 0.3) is 0 Å². The van der Waals surface area contributed by atoms with Crippen molar-refractivity contribution < 1.29 is 18.7 Å². The number of furan rings is 1. The predicted molar refractivity (Wildman–Crippen MR) is 99.4 cm³/mol. The molecule has 0 saturated carbocycles. The molecule has 2 heterocycles. The highest BCUT2D eigenvalue weighted by molar-refractivity contribution is 5.87. The Balaban J connectivity index is 2.08. The highest BCUT2D eigenvalue weighted by Gasteiger charge is 2.30. The molecule has 0 bridgehead atoms. The lowest BCUT2D eigenvalue weighted by atomic mass is 9.94. The van der Waals surface area contributed by atoms with Gasteiger partial charge in [0.1, 0.15) is 5.76 Å². The zero-order valence-electron chi connectivity index (χ0n) is 16.5. The number of nitrogens with zero attached hydrogens (tertiary/aromatic N) is 2. The molecule has 1 saturated heterocycles. The number of rotatable bonds is 8. The van der Waals surface area contributed by atoms with E-state index in [4.69, 9.17) is 9.15 Å². The van der Waals surface area contributed by atoms with Crippen LogP contribution in [0.15, 0.2) is 22.8 Å². The van der Waals surface area contributed by atoms with Gasteiger partial charge in [-0.2, -0.15) is 0 Å². The minimum atomic E-state index is -0.504. The Morgan fingerprint density at radius 3 is 2.58 bits per heavy atom. The minimum Gasteiger partial charge on any atom is -0.467 e. The van der Waals surface area contributed by atoms with Gasteiger partial charge in [-0.3, -0.25) is 9.59 Å². The van der Waals surface area contributed by atoms with E-state index in [0.717, 1.165) is 31.6 Å². The molecular formula is C20H32N2O4. The van der Waals surface area contributed by atoms with Gasteiger partial charge in [0.2, 0.25) is 11.8 Å². The Kier molecular flexibility index (Phi) is 7.26. The first-order chi connectivity index (χ1) is 12.3. The largest absolute Gasteiger partial charge is 0.467 e. The standard InChI is InChI=1S/C20H32N2O4/c1-5-10-21(19(24)20(2,3)4)15-18(23)22(13-16-8-6-11-25-16)14-17-9-7-12-26-17/h6,8,11,17H,5,7,9-10,12-15H2,1-4H3/t17-/m0/s1. The molecule has 1 aliphatic rings. The number of ether oxygens (including phenoxy) is 1. The second-order valence-electron chi connectivity index (χ2n) is 7.97. The van der Waals surface area contributed by atoms with Gasteiger partial charge in [0, 0.05) is 25.1 Å². The van der Waals surface area contributed by atoms with Crippen LogP contribution in [-0.2, 0) is 20.9 Å². The molecule has 146 valence electrons. The van der Waals surface area contributed by atoms with Gasteiger partial charge in [0.05, 0.1) is 25.5 Å². The topological polar surface area (TPSA) is 63.0 Å².